The second kappa shape index (κ2) is 5.78. The van der Waals surface area contributed by atoms with Crippen molar-refractivity contribution in [3.05, 3.63) is 0 Å². The Bertz CT molecular complexity index is 250. The number of hydrogen-bond donors (Lipinski definition) is 1. The van der Waals surface area contributed by atoms with E-state index < -0.39 is 12.1 Å². The second-order valence-corrected chi connectivity index (χ2v) is 6.42. The molecule has 2 nitrogen and oxygen atoms in total. The van der Waals surface area contributed by atoms with Gasteiger partial charge in [0.05, 0.1) is 5.92 Å². The summed E-state index contributed by atoms with van der Waals surface area (Å²) >= 11 is 0. The summed E-state index contributed by atoms with van der Waals surface area (Å²) in [5.74, 6) is -1.11. The van der Waals surface area contributed by atoms with Crippen molar-refractivity contribution in [2.45, 2.75) is 52.3 Å². The molecule has 1 aliphatic heterocycles. The standard InChI is InChI=1S/C13H25F3N2/c1-12(2,3)11(17)6-9-18-7-4-10(5-8-18)13(14,15)16/h10-11H,4-9,17H2,1-3H3. The van der Waals surface area contributed by atoms with Crippen LogP contribution in [0.4, 0.5) is 13.2 Å². The first-order chi connectivity index (χ1) is 8.10. The molecule has 2 N–H and O–H groups in total. The van der Waals surface area contributed by atoms with Crippen LogP contribution in [0.5, 0.6) is 0 Å². The fraction of sp³-hybridized carbons (Fsp3) is 1.00. The van der Waals surface area contributed by atoms with Crippen molar-refractivity contribution in [3.63, 3.8) is 0 Å². The van der Waals surface area contributed by atoms with Gasteiger partial charge >= 0.3 is 6.18 Å². The van der Waals surface area contributed by atoms with Gasteiger partial charge in [-0.15, -0.1) is 0 Å². The van der Waals surface area contributed by atoms with E-state index in [2.05, 4.69) is 25.7 Å². The third-order valence-corrected chi connectivity index (χ3v) is 3.92. The third-order valence-electron chi connectivity index (χ3n) is 3.92. The lowest BCUT2D eigenvalue weighted by Gasteiger charge is -2.35. The smallest absolute Gasteiger partial charge is 0.327 e. The molecular weight excluding hydrogens is 241 g/mol. The topological polar surface area (TPSA) is 29.3 Å². The molecule has 0 spiro atoms. The van der Waals surface area contributed by atoms with Gasteiger partial charge in [-0.05, 0) is 44.3 Å². The molecule has 1 fully saturated rings. The number of nitrogens with zero attached hydrogens (tertiary/aromatic N) is 1. The third kappa shape index (κ3) is 4.76. The average molecular weight is 266 g/mol. The van der Waals surface area contributed by atoms with Crippen LogP contribution in [0.25, 0.3) is 0 Å². The molecule has 0 aromatic rings. The van der Waals surface area contributed by atoms with E-state index in [-0.39, 0.29) is 24.3 Å². The molecule has 5 heteroatoms. The predicted molar refractivity (Wildman–Crippen MR) is 67.3 cm³/mol. The van der Waals surface area contributed by atoms with Crippen molar-refractivity contribution >= 4 is 0 Å². The van der Waals surface area contributed by atoms with Crippen LogP contribution in [0.2, 0.25) is 0 Å². The van der Waals surface area contributed by atoms with Crippen LogP contribution >= 0.6 is 0 Å². The molecule has 18 heavy (non-hydrogen) atoms. The molecule has 1 rings (SSSR count). The molecule has 0 bridgehead atoms. The molecule has 0 aromatic heterocycles. The molecule has 1 heterocycles. The summed E-state index contributed by atoms with van der Waals surface area (Å²) in [5, 5.41) is 0. The van der Waals surface area contributed by atoms with E-state index in [1.165, 1.54) is 0 Å². The molecule has 1 atom stereocenters. The van der Waals surface area contributed by atoms with Gasteiger partial charge < -0.3 is 10.6 Å². The van der Waals surface area contributed by atoms with E-state index in [0.29, 0.717) is 13.1 Å². The van der Waals surface area contributed by atoms with Crippen LogP contribution in [0.3, 0.4) is 0 Å². The van der Waals surface area contributed by atoms with E-state index >= 15 is 0 Å². The maximum absolute atomic E-state index is 12.5. The first-order valence-corrected chi connectivity index (χ1v) is 6.65. The van der Waals surface area contributed by atoms with Crippen LogP contribution < -0.4 is 5.73 Å². The minimum atomic E-state index is -4.02. The largest absolute Gasteiger partial charge is 0.391 e. The quantitative estimate of drug-likeness (QED) is 0.850. The molecule has 0 aliphatic carbocycles. The Morgan fingerprint density at radius 3 is 2.06 bits per heavy atom. The molecule has 0 saturated carbocycles. The lowest BCUT2D eigenvalue weighted by molar-refractivity contribution is -0.185. The molecule has 1 aliphatic rings. The van der Waals surface area contributed by atoms with Gasteiger partial charge in [0, 0.05) is 6.04 Å². The number of rotatable bonds is 3. The Balaban J connectivity index is 2.28. The van der Waals surface area contributed by atoms with Gasteiger partial charge in [0.25, 0.3) is 0 Å². The first-order valence-electron chi connectivity index (χ1n) is 6.65. The molecule has 108 valence electrons. The van der Waals surface area contributed by atoms with Gasteiger partial charge in [-0.3, -0.25) is 0 Å². The van der Waals surface area contributed by atoms with Gasteiger partial charge in [0.15, 0.2) is 0 Å². The highest BCUT2D eigenvalue weighted by Gasteiger charge is 2.40. The van der Waals surface area contributed by atoms with Crippen molar-refractivity contribution in [1.29, 1.82) is 0 Å². The lowest BCUT2D eigenvalue weighted by Crippen LogP contribution is -2.42. The Morgan fingerprint density at radius 2 is 1.67 bits per heavy atom. The zero-order valence-corrected chi connectivity index (χ0v) is 11.6. The molecule has 1 saturated heterocycles. The Kier molecular flexibility index (Phi) is 5.06. The van der Waals surface area contributed by atoms with E-state index in [4.69, 9.17) is 5.73 Å². The first kappa shape index (κ1) is 15.8. The summed E-state index contributed by atoms with van der Waals surface area (Å²) in [7, 11) is 0. The highest BCUT2D eigenvalue weighted by molar-refractivity contribution is 4.81. The fourth-order valence-electron chi connectivity index (χ4n) is 2.24. The zero-order valence-electron chi connectivity index (χ0n) is 11.6. The van der Waals surface area contributed by atoms with Crippen molar-refractivity contribution in [2.24, 2.45) is 17.1 Å². The summed E-state index contributed by atoms with van der Waals surface area (Å²) < 4.78 is 37.5. The fourth-order valence-corrected chi connectivity index (χ4v) is 2.24. The minimum Gasteiger partial charge on any atom is -0.327 e. The SMILES string of the molecule is CC(C)(C)C(N)CCN1CCC(C(F)(F)F)CC1. The number of likely N-dealkylation sites (tertiary alicyclic amines) is 1. The monoisotopic (exact) mass is 266 g/mol. The molecule has 0 amide bonds. The Labute approximate surface area is 108 Å². The molecule has 0 aromatic carbocycles. The van der Waals surface area contributed by atoms with Gasteiger partial charge in [-0.1, -0.05) is 20.8 Å². The lowest BCUT2D eigenvalue weighted by atomic mass is 9.85. The van der Waals surface area contributed by atoms with E-state index in [0.717, 1.165) is 13.0 Å². The van der Waals surface area contributed by atoms with Crippen molar-refractivity contribution < 1.29 is 13.2 Å². The van der Waals surface area contributed by atoms with Crippen LogP contribution in [-0.4, -0.2) is 36.8 Å². The summed E-state index contributed by atoms with van der Waals surface area (Å²) in [6.45, 7) is 8.17. The van der Waals surface area contributed by atoms with Gasteiger partial charge in [0.2, 0.25) is 0 Å². The predicted octanol–water partition coefficient (Wildman–Crippen LogP) is 3.02. The van der Waals surface area contributed by atoms with Crippen LogP contribution in [0.1, 0.15) is 40.0 Å². The maximum Gasteiger partial charge on any atom is 0.391 e. The molecular formula is C13H25F3N2. The number of nitrogens with two attached hydrogens (primary N) is 1. The van der Waals surface area contributed by atoms with Crippen molar-refractivity contribution in [2.75, 3.05) is 19.6 Å². The number of hydrogen-bond acceptors (Lipinski definition) is 2. The van der Waals surface area contributed by atoms with Crippen molar-refractivity contribution in [1.82, 2.24) is 4.90 Å². The summed E-state index contributed by atoms with van der Waals surface area (Å²) in [4.78, 5) is 2.10. The summed E-state index contributed by atoms with van der Waals surface area (Å²) in [6, 6.07) is 0.0952. The van der Waals surface area contributed by atoms with E-state index in [9.17, 15) is 13.2 Å². The van der Waals surface area contributed by atoms with Gasteiger partial charge in [-0.2, -0.15) is 13.2 Å². The Hall–Kier alpha value is -0.290. The average Bonchev–Trinajstić information content (AvgIpc) is 2.24. The van der Waals surface area contributed by atoms with E-state index in [1.807, 2.05) is 0 Å². The van der Waals surface area contributed by atoms with Gasteiger partial charge in [-0.25, -0.2) is 0 Å². The van der Waals surface area contributed by atoms with Crippen LogP contribution in [0, 0.1) is 11.3 Å². The Morgan fingerprint density at radius 1 is 1.17 bits per heavy atom. The highest BCUT2D eigenvalue weighted by atomic mass is 19.4. The summed E-state index contributed by atoms with van der Waals surface area (Å²) in [5.41, 5.74) is 6.12. The van der Waals surface area contributed by atoms with Crippen LogP contribution in [-0.2, 0) is 0 Å². The number of alkyl halides is 3. The zero-order chi connectivity index (χ0) is 14.0. The summed E-state index contributed by atoms with van der Waals surface area (Å²) in [6.07, 6.45) is -2.71. The normalized spacial score (nSPS) is 22.2. The number of halogens is 3. The van der Waals surface area contributed by atoms with Crippen LogP contribution in [0.15, 0.2) is 0 Å². The highest BCUT2D eigenvalue weighted by Crippen LogP contribution is 2.34. The second-order valence-electron chi connectivity index (χ2n) is 6.42. The minimum absolute atomic E-state index is 0.0598. The maximum atomic E-state index is 12.5. The van der Waals surface area contributed by atoms with Crippen molar-refractivity contribution in [3.8, 4) is 0 Å². The van der Waals surface area contributed by atoms with E-state index in [1.54, 1.807) is 0 Å². The number of piperidine rings is 1. The molecule has 0 radical (unpaired) electrons. The molecule has 1 unspecified atom stereocenters. The van der Waals surface area contributed by atoms with Gasteiger partial charge in [0.1, 0.15) is 0 Å².